The number of para-hydroxylation sites is 2. The molecule has 1 rings (SSSR count). The predicted molar refractivity (Wildman–Crippen MR) is 75.4 cm³/mol. The zero-order chi connectivity index (χ0) is 14.1. The molecule has 0 fully saturated rings. The van der Waals surface area contributed by atoms with Crippen molar-refractivity contribution in [1.82, 2.24) is 5.32 Å². The highest BCUT2D eigenvalue weighted by atomic mass is 16.5. The fraction of sp³-hybridized carbons (Fsp3) is 0.533. The molecular formula is C15H22N2O2. The second kappa shape index (κ2) is 8.39. The predicted octanol–water partition coefficient (Wildman–Crippen LogP) is 2.74. The van der Waals surface area contributed by atoms with E-state index in [1.54, 1.807) is 0 Å². The molecule has 4 heteroatoms. The number of hydrogen-bond donors (Lipinski definition) is 1. The topological polar surface area (TPSA) is 54.3 Å². The van der Waals surface area contributed by atoms with Crippen LogP contribution in [-0.4, -0.2) is 25.3 Å². The Hall–Kier alpha value is -1.73. The highest BCUT2D eigenvalue weighted by Crippen LogP contribution is 2.26. The summed E-state index contributed by atoms with van der Waals surface area (Å²) in [5.41, 5.74) is 0. The molecule has 0 aliphatic rings. The van der Waals surface area contributed by atoms with Gasteiger partial charge in [0.25, 0.3) is 0 Å². The van der Waals surface area contributed by atoms with E-state index < -0.39 is 0 Å². The molecule has 0 spiro atoms. The Morgan fingerprint density at radius 1 is 1.21 bits per heavy atom. The average Bonchev–Trinajstić information content (AvgIpc) is 2.39. The summed E-state index contributed by atoms with van der Waals surface area (Å²) < 4.78 is 11.2. The van der Waals surface area contributed by atoms with Crippen LogP contribution in [0.25, 0.3) is 0 Å². The SMILES string of the molecule is CCOc1ccccc1OCCC(C#N)NC(C)C. The maximum absolute atomic E-state index is 9.02. The number of nitrogens with zero attached hydrogens (tertiary/aromatic N) is 1. The van der Waals surface area contributed by atoms with Crippen LogP contribution in [0, 0.1) is 11.3 Å². The molecule has 0 aromatic heterocycles. The van der Waals surface area contributed by atoms with Crippen LogP contribution in [-0.2, 0) is 0 Å². The summed E-state index contributed by atoms with van der Waals surface area (Å²) in [6.07, 6.45) is 0.648. The van der Waals surface area contributed by atoms with Gasteiger partial charge in [-0.2, -0.15) is 5.26 Å². The minimum Gasteiger partial charge on any atom is -0.490 e. The molecule has 1 aromatic rings. The Bertz CT molecular complexity index is 413. The van der Waals surface area contributed by atoms with Gasteiger partial charge in [-0.1, -0.05) is 12.1 Å². The van der Waals surface area contributed by atoms with Gasteiger partial charge >= 0.3 is 0 Å². The molecule has 0 saturated carbocycles. The lowest BCUT2D eigenvalue weighted by Gasteiger charge is -2.16. The van der Waals surface area contributed by atoms with Crippen molar-refractivity contribution in [1.29, 1.82) is 5.26 Å². The van der Waals surface area contributed by atoms with Crippen LogP contribution >= 0.6 is 0 Å². The van der Waals surface area contributed by atoms with Crippen LogP contribution in [0.4, 0.5) is 0 Å². The summed E-state index contributed by atoms with van der Waals surface area (Å²) >= 11 is 0. The Labute approximate surface area is 115 Å². The second-order valence-electron chi connectivity index (χ2n) is 4.52. The molecule has 1 atom stereocenters. The first-order valence-corrected chi connectivity index (χ1v) is 6.67. The number of nitriles is 1. The Kier molecular flexibility index (Phi) is 6.76. The summed E-state index contributed by atoms with van der Waals surface area (Å²) in [4.78, 5) is 0. The van der Waals surface area contributed by atoms with E-state index in [-0.39, 0.29) is 6.04 Å². The van der Waals surface area contributed by atoms with Crippen molar-refractivity contribution in [3.8, 4) is 17.6 Å². The van der Waals surface area contributed by atoms with E-state index in [1.807, 2.05) is 45.0 Å². The van der Waals surface area contributed by atoms with Crippen LogP contribution < -0.4 is 14.8 Å². The fourth-order valence-corrected chi connectivity index (χ4v) is 1.72. The number of ether oxygens (including phenoxy) is 2. The third kappa shape index (κ3) is 5.62. The zero-order valence-electron chi connectivity index (χ0n) is 11.8. The fourth-order valence-electron chi connectivity index (χ4n) is 1.72. The van der Waals surface area contributed by atoms with Gasteiger partial charge in [0.15, 0.2) is 11.5 Å². The molecule has 1 aromatic carbocycles. The molecule has 0 aliphatic carbocycles. The van der Waals surface area contributed by atoms with E-state index in [2.05, 4.69) is 11.4 Å². The van der Waals surface area contributed by atoms with E-state index in [0.29, 0.717) is 25.7 Å². The summed E-state index contributed by atoms with van der Waals surface area (Å²) in [6, 6.07) is 9.93. The monoisotopic (exact) mass is 262 g/mol. The quantitative estimate of drug-likeness (QED) is 0.782. The molecule has 0 heterocycles. The third-order valence-corrected chi connectivity index (χ3v) is 2.50. The first kappa shape index (κ1) is 15.3. The van der Waals surface area contributed by atoms with E-state index in [9.17, 15) is 0 Å². The lowest BCUT2D eigenvalue weighted by atomic mass is 10.2. The Balaban J connectivity index is 2.46. The summed E-state index contributed by atoms with van der Waals surface area (Å²) in [7, 11) is 0. The van der Waals surface area contributed by atoms with Crippen molar-refractivity contribution >= 4 is 0 Å². The lowest BCUT2D eigenvalue weighted by Crippen LogP contribution is -2.34. The first-order chi connectivity index (χ1) is 9.17. The van der Waals surface area contributed by atoms with E-state index in [4.69, 9.17) is 14.7 Å². The van der Waals surface area contributed by atoms with Gasteiger partial charge in [0.1, 0.15) is 0 Å². The molecule has 0 amide bonds. The average molecular weight is 262 g/mol. The minimum atomic E-state index is -0.181. The lowest BCUT2D eigenvalue weighted by molar-refractivity contribution is 0.265. The van der Waals surface area contributed by atoms with Gasteiger partial charge in [-0.3, -0.25) is 5.32 Å². The van der Waals surface area contributed by atoms with E-state index in [0.717, 1.165) is 11.5 Å². The van der Waals surface area contributed by atoms with Crippen molar-refractivity contribution < 1.29 is 9.47 Å². The maximum atomic E-state index is 9.02. The highest BCUT2D eigenvalue weighted by molar-refractivity contribution is 5.39. The minimum absolute atomic E-state index is 0.181. The maximum Gasteiger partial charge on any atom is 0.161 e. The highest BCUT2D eigenvalue weighted by Gasteiger charge is 2.09. The molecule has 1 N–H and O–H groups in total. The Morgan fingerprint density at radius 3 is 2.37 bits per heavy atom. The number of nitrogens with one attached hydrogen (secondary N) is 1. The normalized spacial score (nSPS) is 11.9. The second-order valence-corrected chi connectivity index (χ2v) is 4.52. The molecule has 1 unspecified atom stereocenters. The molecule has 0 bridgehead atoms. The number of benzene rings is 1. The molecule has 0 saturated heterocycles. The molecule has 0 aliphatic heterocycles. The van der Waals surface area contributed by atoms with Crippen molar-refractivity contribution in [2.24, 2.45) is 0 Å². The van der Waals surface area contributed by atoms with Crippen molar-refractivity contribution in [2.75, 3.05) is 13.2 Å². The summed E-state index contributed by atoms with van der Waals surface area (Å²) in [5, 5.41) is 12.2. The largest absolute Gasteiger partial charge is 0.490 e. The number of rotatable bonds is 8. The third-order valence-electron chi connectivity index (χ3n) is 2.50. The summed E-state index contributed by atoms with van der Waals surface area (Å²) in [6.45, 7) is 7.08. The van der Waals surface area contributed by atoms with Crippen LogP contribution in [0.2, 0.25) is 0 Å². The zero-order valence-corrected chi connectivity index (χ0v) is 11.8. The van der Waals surface area contributed by atoms with Gasteiger partial charge in [-0.15, -0.1) is 0 Å². The van der Waals surface area contributed by atoms with Crippen molar-refractivity contribution in [3.05, 3.63) is 24.3 Å². The van der Waals surface area contributed by atoms with Crippen LogP contribution in [0.3, 0.4) is 0 Å². The van der Waals surface area contributed by atoms with Gasteiger partial charge in [-0.25, -0.2) is 0 Å². The van der Waals surface area contributed by atoms with Crippen LogP contribution in [0.5, 0.6) is 11.5 Å². The Morgan fingerprint density at radius 2 is 1.84 bits per heavy atom. The molecule has 19 heavy (non-hydrogen) atoms. The van der Waals surface area contributed by atoms with Gasteiger partial charge in [0.2, 0.25) is 0 Å². The molecular weight excluding hydrogens is 240 g/mol. The van der Waals surface area contributed by atoms with Crippen molar-refractivity contribution in [3.63, 3.8) is 0 Å². The summed E-state index contributed by atoms with van der Waals surface area (Å²) in [5.74, 6) is 1.47. The van der Waals surface area contributed by atoms with Crippen LogP contribution in [0.1, 0.15) is 27.2 Å². The van der Waals surface area contributed by atoms with Gasteiger partial charge in [0.05, 0.1) is 25.3 Å². The van der Waals surface area contributed by atoms with Gasteiger partial charge in [-0.05, 0) is 32.9 Å². The molecule has 104 valence electrons. The van der Waals surface area contributed by atoms with Crippen LogP contribution in [0.15, 0.2) is 24.3 Å². The first-order valence-electron chi connectivity index (χ1n) is 6.67. The molecule has 0 radical (unpaired) electrons. The number of hydrogen-bond acceptors (Lipinski definition) is 4. The molecule has 4 nitrogen and oxygen atoms in total. The van der Waals surface area contributed by atoms with E-state index in [1.165, 1.54) is 0 Å². The van der Waals surface area contributed by atoms with Gasteiger partial charge < -0.3 is 9.47 Å². The standard InChI is InChI=1S/C15H22N2O2/c1-4-18-14-7-5-6-8-15(14)19-10-9-13(11-16)17-12(2)3/h5-8,12-13,17H,4,9-10H2,1-3H3. The van der Waals surface area contributed by atoms with Gasteiger partial charge in [0, 0.05) is 12.5 Å². The van der Waals surface area contributed by atoms with E-state index >= 15 is 0 Å². The smallest absolute Gasteiger partial charge is 0.161 e. The van der Waals surface area contributed by atoms with Crippen molar-refractivity contribution in [2.45, 2.75) is 39.3 Å².